The van der Waals surface area contributed by atoms with Crippen LogP contribution in [0.2, 0.25) is 10.0 Å². The molecule has 2 aromatic carbocycles. The van der Waals surface area contributed by atoms with Crippen molar-refractivity contribution >= 4 is 46.8 Å². The lowest BCUT2D eigenvalue weighted by molar-refractivity contribution is -0.139. The molecule has 1 saturated carbocycles. The summed E-state index contributed by atoms with van der Waals surface area (Å²) in [7, 11) is 0. The molecule has 2 amide bonds. The Morgan fingerprint density at radius 1 is 1.15 bits per heavy atom. The topological polar surface area (TPSA) is 49.4 Å². The molecule has 1 N–H and O–H groups in total. The predicted octanol–water partition coefficient (Wildman–Crippen LogP) is 6.23. The maximum Gasteiger partial charge on any atom is 0.243 e. The fourth-order valence-electron chi connectivity index (χ4n) is 4.07. The van der Waals surface area contributed by atoms with E-state index in [-0.39, 0.29) is 36.0 Å². The molecule has 0 saturated heterocycles. The fraction of sp³-hybridized carbons (Fsp3) is 0.440. The fourth-order valence-corrected chi connectivity index (χ4v) is 5.29. The Labute approximate surface area is 209 Å². The molecule has 1 aliphatic rings. The van der Waals surface area contributed by atoms with Crippen molar-refractivity contribution in [1.82, 2.24) is 10.2 Å². The molecule has 3 rings (SSSR count). The number of benzene rings is 2. The Hall–Kier alpha value is -1.76. The second kappa shape index (κ2) is 12.6. The molecule has 178 valence electrons. The molecule has 33 heavy (non-hydrogen) atoms. The summed E-state index contributed by atoms with van der Waals surface area (Å²) in [6, 6.07) is 11.3. The Morgan fingerprint density at radius 2 is 1.88 bits per heavy atom. The first-order chi connectivity index (χ1) is 15.9. The van der Waals surface area contributed by atoms with Gasteiger partial charge < -0.3 is 10.2 Å². The molecule has 0 spiro atoms. The third-order valence-corrected chi connectivity index (χ3v) is 7.57. The summed E-state index contributed by atoms with van der Waals surface area (Å²) in [5, 5.41) is 3.96. The lowest BCUT2D eigenvalue weighted by atomic mass is 10.1. The first-order valence-electron chi connectivity index (χ1n) is 11.2. The van der Waals surface area contributed by atoms with Crippen molar-refractivity contribution in [3.05, 3.63) is 69.5 Å². The summed E-state index contributed by atoms with van der Waals surface area (Å²) < 4.78 is 13.9. The van der Waals surface area contributed by atoms with Gasteiger partial charge in [-0.15, -0.1) is 11.8 Å². The Bertz CT molecular complexity index is 969. The van der Waals surface area contributed by atoms with E-state index in [2.05, 4.69) is 5.32 Å². The molecule has 0 aromatic heterocycles. The SMILES string of the molecule is CC[C@@H](C(=O)NC1CCCC1)N(Cc1ccc(Cl)c(Cl)c1)C(=O)CSCc1ccccc1F. The van der Waals surface area contributed by atoms with Gasteiger partial charge in [0.25, 0.3) is 0 Å². The Kier molecular flexibility index (Phi) is 9.90. The van der Waals surface area contributed by atoms with Crippen LogP contribution in [0.5, 0.6) is 0 Å². The molecule has 1 atom stereocenters. The van der Waals surface area contributed by atoms with Gasteiger partial charge in [-0.1, -0.05) is 67.2 Å². The van der Waals surface area contributed by atoms with Crippen LogP contribution in [0.15, 0.2) is 42.5 Å². The number of amides is 2. The number of hydrogen-bond donors (Lipinski definition) is 1. The van der Waals surface area contributed by atoms with E-state index in [0.29, 0.717) is 27.8 Å². The Morgan fingerprint density at radius 3 is 2.55 bits per heavy atom. The summed E-state index contributed by atoms with van der Waals surface area (Å²) in [6.45, 7) is 2.15. The summed E-state index contributed by atoms with van der Waals surface area (Å²) in [5.74, 6) is -0.0623. The van der Waals surface area contributed by atoms with E-state index in [1.165, 1.54) is 17.8 Å². The molecule has 0 radical (unpaired) electrons. The lowest BCUT2D eigenvalue weighted by Gasteiger charge is -2.31. The number of nitrogens with zero attached hydrogens (tertiary/aromatic N) is 1. The molecule has 4 nitrogen and oxygen atoms in total. The van der Waals surface area contributed by atoms with Gasteiger partial charge in [0.15, 0.2) is 0 Å². The van der Waals surface area contributed by atoms with Crippen LogP contribution in [-0.4, -0.2) is 34.6 Å². The average Bonchev–Trinajstić information content (AvgIpc) is 3.30. The van der Waals surface area contributed by atoms with Crippen LogP contribution in [0.25, 0.3) is 0 Å². The summed E-state index contributed by atoms with van der Waals surface area (Å²) in [4.78, 5) is 28.0. The van der Waals surface area contributed by atoms with Crippen molar-refractivity contribution in [3.8, 4) is 0 Å². The molecule has 0 unspecified atom stereocenters. The first-order valence-corrected chi connectivity index (χ1v) is 13.1. The minimum Gasteiger partial charge on any atom is -0.352 e. The predicted molar refractivity (Wildman–Crippen MR) is 134 cm³/mol. The number of hydrogen-bond acceptors (Lipinski definition) is 3. The van der Waals surface area contributed by atoms with Crippen LogP contribution < -0.4 is 5.32 Å². The average molecular weight is 511 g/mol. The van der Waals surface area contributed by atoms with Gasteiger partial charge in [-0.2, -0.15) is 0 Å². The van der Waals surface area contributed by atoms with Crippen molar-refractivity contribution in [2.75, 3.05) is 5.75 Å². The number of carbonyl (C=O) groups is 2. The van der Waals surface area contributed by atoms with E-state index in [0.717, 1.165) is 31.2 Å². The molecular formula is C25H29Cl2FN2O2S. The van der Waals surface area contributed by atoms with Crippen LogP contribution in [0.4, 0.5) is 4.39 Å². The molecule has 0 bridgehead atoms. The van der Waals surface area contributed by atoms with Gasteiger partial charge in [-0.25, -0.2) is 4.39 Å². The molecule has 0 aliphatic heterocycles. The number of halogens is 3. The van der Waals surface area contributed by atoms with Crippen molar-refractivity contribution in [3.63, 3.8) is 0 Å². The standard InChI is InChI=1S/C25H29Cl2FN2O2S/c1-2-23(25(32)29-19-8-4-5-9-19)30(14-17-11-12-20(26)21(27)13-17)24(31)16-33-15-18-7-3-6-10-22(18)28/h3,6-7,10-13,19,23H,2,4-5,8-9,14-16H2,1H3,(H,29,32)/t23-/m0/s1. The molecule has 1 fully saturated rings. The maximum absolute atomic E-state index is 13.9. The van der Waals surface area contributed by atoms with Crippen molar-refractivity contribution in [2.24, 2.45) is 0 Å². The Balaban J connectivity index is 1.73. The highest BCUT2D eigenvalue weighted by Crippen LogP contribution is 2.25. The smallest absolute Gasteiger partial charge is 0.243 e. The summed E-state index contributed by atoms with van der Waals surface area (Å²) in [6.07, 6.45) is 4.66. The second-order valence-corrected chi connectivity index (χ2v) is 10.1. The van der Waals surface area contributed by atoms with E-state index < -0.39 is 6.04 Å². The van der Waals surface area contributed by atoms with Crippen molar-refractivity contribution in [1.29, 1.82) is 0 Å². The minimum atomic E-state index is -0.596. The van der Waals surface area contributed by atoms with Crippen LogP contribution in [0.3, 0.4) is 0 Å². The van der Waals surface area contributed by atoms with Crippen molar-refractivity contribution in [2.45, 2.75) is 63.4 Å². The van der Waals surface area contributed by atoms with Crippen LogP contribution in [-0.2, 0) is 21.9 Å². The van der Waals surface area contributed by atoms with E-state index in [4.69, 9.17) is 23.2 Å². The zero-order valence-electron chi connectivity index (χ0n) is 18.7. The van der Waals surface area contributed by atoms with E-state index >= 15 is 0 Å². The van der Waals surface area contributed by atoms with Gasteiger partial charge in [0, 0.05) is 18.3 Å². The van der Waals surface area contributed by atoms with E-state index in [9.17, 15) is 14.0 Å². The first kappa shape index (κ1) is 25.9. The van der Waals surface area contributed by atoms with Gasteiger partial charge >= 0.3 is 0 Å². The van der Waals surface area contributed by atoms with Gasteiger partial charge in [-0.3, -0.25) is 9.59 Å². The van der Waals surface area contributed by atoms with Crippen molar-refractivity contribution < 1.29 is 14.0 Å². The van der Waals surface area contributed by atoms with E-state index in [1.807, 2.05) is 13.0 Å². The van der Waals surface area contributed by atoms with Gasteiger partial charge in [0.1, 0.15) is 11.9 Å². The maximum atomic E-state index is 13.9. The van der Waals surface area contributed by atoms with E-state index in [1.54, 1.807) is 35.2 Å². The van der Waals surface area contributed by atoms with Gasteiger partial charge in [0.2, 0.25) is 11.8 Å². The molecule has 0 heterocycles. The number of thioether (sulfide) groups is 1. The summed E-state index contributed by atoms with van der Waals surface area (Å²) >= 11 is 13.6. The molecule has 8 heteroatoms. The highest BCUT2D eigenvalue weighted by molar-refractivity contribution is 7.99. The second-order valence-electron chi connectivity index (χ2n) is 8.27. The largest absolute Gasteiger partial charge is 0.352 e. The van der Waals surface area contributed by atoms with Crippen LogP contribution >= 0.6 is 35.0 Å². The number of nitrogens with one attached hydrogen (secondary N) is 1. The number of rotatable bonds is 10. The zero-order valence-corrected chi connectivity index (χ0v) is 21.0. The van der Waals surface area contributed by atoms with Crippen LogP contribution in [0.1, 0.15) is 50.2 Å². The molecule has 1 aliphatic carbocycles. The third kappa shape index (κ3) is 7.36. The van der Waals surface area contributed by atoms with Gasteiger partial charge in [0.05, 0.1) is 15.8 Å². The molecule has 2 aromatic rings. The highest BCUT2D eigenvalue weighted by Gasteiger charge is 2.30. The molecular weight excluding hydrogens is 482 g/mol. The third-order valence-electron chi connectivity index (χ3n) is 5.87. The highest BCUT2D eigenvalue weighted by atomic mass is 35.5. The normalized spacial score (nSPS) is 14.8. The monoisotopic (exact) mass is 510 g/mol. The lowest BCUT2D eigenvalue weighted by Crippen LogP contribution is -2.51. The minimum absolute atomic E-state index is 0.128. The van der Waals surface area contributed by atoms with Gasteiger partial charge in [-0.05, 0) is 48.6 Å². The quantitative estimate of drug-likeness (QED) is 0.411. The number of carbonyl (C=O) groups excluding carboxylic acids is 2. The summed E-state index contributed by atoms with van der Waals surface area (Å²) in [5.41, 5.74) is 1.35. The zero-order chi connectivity index (χ0) is 23.8. The van der Waals surface area contributed by atoms with Crippen LogP contribution in [0, 0.1) is 5.82 Å².